The van der Waals surface area contributed by atoms with Gasteiger partial charge >= 0.3 is 0 Å². The Bertz CT molecular complexity index is 551. The first-order valence-electron chi connectivity index (χ1n) is 9.33. The van der Waals surface area contributed by atoms with Crippen molar-refractivity contribution >= 4 is 12.4 Å². The van der Waals surface area contributed by atoms with Crippen LogP contribution in [0.5, 0.6) is 11.5 Å². The summed E-state index contributed by atoms with van der Waals surface area (Å²) in [5, 5.41) is 7.43. The molecule has 3 aliphatic rings. The van der Waals surface area contributed by atoms with Crippen molar-refractivity contribution in [3.05, 3.63) is 23.8 Å². The van der Waals surface area contributed by atoms with Crippen LogP contribution in [0.15, 0.2) is 18.2 Å². The minimum absolute atomic E-state index is 0. The smallest absolute Gasteiger partial charge is 0.161 e. The number of nitrogens with one attached hydrogen (secondary N) is 2. The Morgan fingerprint density at radius 1 is 1.08 bits per heavy atom. The van der Waals surface area contributed by atoms with Crippen LogP contribution in [0.1, 0.15) is 24.8 Å². The highest BCUT2D eigenvalue weighted by Gasteiger charge is 2.34. The Kier molecular flexibility index (Phi) is 6.82. The first kappa shape index (κ1) is 18.8. The van der Waals surface area contributed by atoms with Crippen LogP contribution in [0.2, 0.25) is 0 Å². The molecule has 2 N–H and O–H groups in total. The summed E-state index contributed by atoms with van der Waals surface area (Å²) < 4.78 is 16.9. The van der Waals surface area contributed by atoms with E-state index in [1.807, 2.05) is 6.07 Å². The predicted octanol–water partition coefficient (Wildman–Crippen LogP) is 2.17. The fraction of sp³-hybridized carbons (Fsp3) is 0.684. The zero-order valence-electron chi connectivity index (χ0n) is 14.7. The molecule has 0 amide bonds. The van der Waals surface area contributed by atoms with Crippen molar-refractivity contribution in [1.82, 2.24) is 10.6 Å². The monoisotopic (exact) mass is 368 g/mol. The second kappa shape index (κ2) is 9.08. The number of hydrogen-bond acceptors (Lipinski definition) is 5. The Morgan fingerprint density at radius 2 is 1.96 bits per heavy atom. The van der Waals surface area contributed by atoms with Crippen LogP contribution in [0.4, 0.5) is 0 Å². The quantitative estimate of drug-likeness (QED) is 0.834. The standard InChI is InChI=1S/C19H28N2O3.ClH/c1-2-15(17-13-22-9-8-21-17)16(3-1)20-7-6-14-4-5-18-19(12-14)24-11-10-23-18;/h4-5,12,15-17,20-21H,1-3,6-11,13H2;1H. The highest BCUT2D eigenvalue weighted by Crippen LogP contribution is 2.31. The fourth-order valence-corrected chi connectivity index (χ4v) is 4.23. The first-order chi connectivity index (χ1) is 11.9. The van der Waals surface area contributed by atoms with E-state index in [1.165, 1.54) is 24.8 Å². The minimum Gasteiger partial charge on any atom is -0.486 e. The molecule has 5 nitrogen and oxygen atoms in total. The topological polar surface area (TPSA) is 51.8 Å². The van der Waals surface area contributed by atoms with Gasteiger partial charge < -0.3 is 24.8 Å². The molecule has 2 aliphatic heterocycles. The predicted molar refractivity (Wildman–Crippen MR) is 100 cm³/mol. The third kappa shape index (κ3) is 4.59. The summed E-state index contributed by atoms with van der Waals surface area (Å²) in [4.78, 5) is 0. The first-order valence-corrected chi connectivity index (χ1v) is 9.33. The summed E-state index contributed by atoms with van der Waals surface area (Å²) in [5.41, 5.74) is 1.31. The second-order valence-electron chi connectivity index (χ2n) is 7.02. The Hall–Kier alpha value is -1.01. The van der Waals surface area contributed by atoms with Gasteiger partial charge in [0.15, 0.2) is 11.5 Å². The lowest BCUT2D eigenvalue weighted by molar-refractivity contribution is 0.0526. The van der Waals surface area contributed by atoms with Gasteiger partial charge in [-0.3, -0.25) is 0 Å². The second-order valence-corrected chi connectivity index (χ2v) is 7.02. The number of hydrogen-bond donors (Lipinski definition) is 2. The molecule has 1 aliphatic carbocycles. The van der Waals surface area contributed by atoms with Gasteiger partial charge in [0, 0.05) is 18.6 Å². The molecule has 1 aromatic rings. The molecule has 140 valence electrons. The average Bonchev–Trinajstić information content (AvgIpc) is 3.11. The van der Waals surface area contributed by atoms with Gasteiger partial charge in [0.05, 0.1) is 13.2 Å². The van der Waals surface area contributed by atoms with Crippen LogP contribution >= 0.6 is 12.4 Å². The van der Waals surface area contributed by atoms with Crippen LogP contribution < -0.4 is 20.1 Å². The number of ether oxygens (including phenoxy) is 3. The van der Waals surface area contributed by atoms with Crippen molar-refractivity contribution in [2.24, 2.45) is 5.92 Å². The van der Waals surface area contributed by atoms with Gasteiger partial charge in [0.25, 0.3) is 0 Å². The lowest BCUT2D eigenvalue weighted by Gasteiger charge is -2.33. The van der Waals surface area contributed by atoms with Crippen LogP contribution in [0.3, 0.4) is 0 Å². The van der Waals surface area contributed by atoms with Gasteiger partial charge in [0.1, 0.15) is 13.2 Å². The van der Waals surface area contributed by atoms with E-state index >= 15 is 0 Å². The van der Waals surface area contributed by atoms with Crippen molar-refractivity contribution in [3.8, 4) is 11.5 Å². The molecule has 1 saturated heterocycles. The lowest BCUT2D eigenvalue weighted by Crippen LogP contribution is -2.51. The van der Waals surface area contributed by atoms with E-state index < -0.39 is 0 Å². The molecule has 1 aromatic carbocycles. The van der Waals surface area contributed by atoms with Gasteiger partial charge in [-0.25, -0.2) is 0 Å². The van der Waals surface area contributed by atoms with E-state index in [4.69, 9.17) is 14.2 Å². The van der Waals surface area contributed by atoms with Gasteiger partial charge in [-0.05, 0) is 49.4 Å². The zero-order chi connectivity index (χ0) is 16.2. The number of halogens is 1. The maximum atomic E-state index is 5.67. The SMILES string of the molecule is Cl.c1cc2c(cc1CCNC1CCCC1C1COCCN1)OCCO2. The average molecular weight is 369 g/mol. The van der Waals surface area contributed by atoms with Gasteiger partial charge in [-0.1, -0.05) is 12.5 Å². The Labute approximate surface area is 156 Å². The Balaban J connectivity index is 0.00000182. The van der Waals surface area contributed by atoms with E-state index in [1.54, 1.807) is 0 Å². The van der Waals surface area contributed by atoms with Crippen molar-refractivity contribution < 1.29 is 14.2 Å². The van der Waals surface area contributed by atoms with E-state index in [0.29, 0.717) is 31.2 Å². The van der Waals surface area contributed by atoms with Crippen molar-refractivity contribution in [2.45, 2.75) is 37.8 Å². The molecule has 0 aromatic heterocycles. The molecule has 6 heteroatoms. The lowest BCUT2D eigenvalue weighted by atomic mass is 9.94. The summed E-state index contributed by atoms with van der Waals surface area (Å²) in [7, 11) is 0. The van der Waals surface area contributed by atoms with Crippen LogP contribution in [-0.2, 0) is 11.2 Å². The van der Waals surface area contributed by atoms with E-state index in [2.05, 4.69) is 22.8 Å². The maximum absolute atomic E-state index is 5.67. The molecule has 0 bridgehead atoms. The molecule has 2 heterocycles. The largest absolute Gasteiger partial charge is 0.486 e. The third-order valence-corrected chi connectivity index (χ3v) is 5.46. The van der Waals surface area contributed by atoms with Gasteiger partial charge in [0.2, 0.25) is 0 Å². The summed E-state index contributed by atoms with van der Waals surface area (Å²) in [6, 6.07) is 7.44. The molecule has 25 heavy (non-hydrogen) atoms. The minimum atomic E-state index is 0. The summed E-state index contributed by atoms with van der Waals surface area (Å²) in [5.74, 6) is 2.46. The molecule has 4 rings (SSSR count). The molecular weight excluding hydrogens is 340 g/mol. The molecular formula is C19H29ClN2O3. The highest BCUT2D eigenvalue weighted by molar-refractivity contribution is 5.85. The van der Waals surface area contributed by atoms with Crippen LogP contribution in [-0.4, -0.2) is 51.6 Å². The van der Waals surface area contributed by atoms with Gasteiger partial charge in [-0.2, -0.15) is 0 Å². The van der Waals surface area contributed by atoms with Crippen molar-refractivity contribution in [3.63, 3.8) is 0 Å². The summed E-state index contributed by atoms with van der Waals surface area (Å²) >= 11 is 0. The normalized spacial score (nSPS) is 28.4. The van der Waals surface area contributed by atoms with Crippen molar-refractivity contribution in [1.29, 1.82) is 0 Å². The number of morpholine rings is 1. The van der Waals surface area contributed by atoms with Crippen molar-refractivity contribution in [2.75, 3.05) is 39.5 Å². The molecule has 2 fully saturated rings. The van der Waals surface area contributed by atoms with Gasteiger partial charge in [-0.15, -0.1) is 12.4 Å². The molecule has 3 unspecified atom stereocenters. The maximum Gasteiger partial charge on any atom is 0.161 e. The summed E-state index contributed by atoms with van der Waals surface area (Å²) in [6.07, 6.45) is 4.94. The fourth-order valence-electron chi connectivity index (χ4n) is 4.23. The third-order valence-electron chi connectivity index (χ3n) is 5.46. The van der Waals surface area contributed by atoms with Crippen LogP contribution in [0, 0.1) is 5.92 Å². The number of fused-ring (bicyclic) bond motifs is 1. The molecule has 0 radical (unpaired) electrons. The summed E-state index contributed by atoms with van der Waals surface area (Å²) in [6.45, 7) is 5.01. The highest BCUT2D eigenvalue weighted by atomic mass is 35.5. The zero-order valence-corrected chi connectivity index (χ0v) is 15.5. The Morgan fingerprint density at radius 3 is 2.80 bits per heavy atom. The van der Waals surface area contributed by atoms with E-state index in [0.717, 1.165) is 44.2 Å². The molecule has 0 spiro atoms. The van der Waals surface area contributed by atoms with Crippen LogP contribution in [0.25, 0.3) is 0 Å². The molecule has 1 saturated carbocycles. The van der Waals surface area contributed by atoms with E-state index in [-0.39, 0.29) is 12.4 Å². The van der Waals surface area contributed by atoms with E-state index in [9.17, 15) is 0 Å². The molecule has 3 atom stereocenters. The number of benzene rings is 1. The number of rotatable bonds is 5.